The van der Waals surface area contributed by atoms with E-state index in [0.717, 1.165) is 11.8 Å². The van der Waals surface area contributed by atoms with Crippen LogP contribution in [0.5, 0.6) is 0 Å². The highest BCUT2D eigenvalue weighted by Crippen LogP contribution is 2.60. The van der Waals surface area contributed by atoms with Gasteiger partial charge < -0.3 is 0 Å². The number of rotatable bonds is 9. The smallest absolute Gasteiger partial charge is 0.0124 e. The summed E-state index contributed by atoms with van der Waals surface area (Å²) < 4.78 is 0.214. The van der Waals surface area contributed by atoms with Crippen molar-refractivity contribution in [3.05, 3.63) is 23.3 Å². The van der Waals surface area contributed by atoms with E-state index in [0.29, 0.717) is 5.41 Å². The highest BCUT2D eigenvalue weighted by molar-refractivity contribution is 7.81. The number of unbranched alkanes of at least 4 members (excludes halogenated alkanes) is 1. The zero-order valence-electron chi connectivity index (χ0n) is 17.5. The van der Waals surface area contributed by atoms with Crippen LogP contribution in [0.25, 0.3) is 0 Å². The van der Waals surface area contributed by atoms with Crippen molar-refractivity contribution in [3.63, 3.8) is 0 Å². The van der Waals surface area contributed by atoms with E-state index in [2.05, 4.69) is 46.8 Å². The summed E-state index contributed by atoms with van der Waals surface area (Å²) in [5.74, 6) is 1.70. The SMILES string of the molecule is CCC/C=C\CC/C(C)=C1\CC[C@]2(C1)C[C@H](CC(C)C(C)(S)CC)C2. The van der Waals surface area contributed by atoms with E-state index in [1.165, 1.54) is 70.6 Å². The van der Waals surface area contributed by atoms with Gasteiger partial charge in [-0.3, -0.25) is 0 Å². The Labute approximate surface area is 163 Å². The van der Waals surface area contributed by atoms with Crippen molar-refractivity contribution in [2.45, 2.75) is 110 Å². The van der Waals surface area contributed by atoms with E-state index in [1.54, 1.807) is 5.57 Å². The third-order valence-electron chi connectivity index (χ3n) is 7.36. The second kappa shape index (κ2) is 9.16. The molecule has 1 heteroatoms. The Morgan fingerprint density at radius 3 is 2.60 bits per heavy atom. The van der Waals surface area contributed by atoms with Gasteiger partial charge in [-0.05, 0) is 88.4 Å². The molecule has 0 heterocycles. The van der Waals surface area contributed by atoms with Crippen LogP contribution in [0.3, 0.4) is 0 Å². The van der Waals surface area contributed by atoms with Crippen LogP contribution >= 0.6 is 12.6 Å². The topological polar surface area (TPSA) is 0 Å². The fourth-order valence-electron chi connectivity index (χ4n) is 5.07. The summed E-state index contributed by atoms with van der Waals surface area (Å²) in [4.78, 5) is 0. The van der Waals surface area contributed by atoms with Gasteiger partial charge in [0, 0.05) is 4.75 Å². The summed E-state index contributed by atoms with van der Waals surface area (Å²) in [6, 6.07) is 0. The molecule has 0 aliphatic heterocycles. The van der Waals surface area contributed by atoms with Crippen LogP contribution in [0.2, 0.25) is 0 Å². The molecule has 2 unspecified atom stereocenters. The fraction of sp³-hybridized carbons (Fsp3) is 0.833. The minimum Gasteiger partial charge on any atom is -0.173 e. The zero-order valence-corrected chi connectivity index (χ0v) is 18.4. The van der Waals surface area contributed by atoms with Crippen molar-refractivity contribution >= 4 is 12.6 Å². The second-order valence-corrected chi connectivity index (χ2v) is 10.5. The minimum absolute atomic E-state index is 0.214. The van der Waals surface area contributed by atoms with Crippen molar-refractivity contribution < 1.29 is 0 Å². The molecule has 0 radical (unpaired) electrons. The molecule has 0 aromatic heterocycles. The van der Waals surface area contributed by atoms with Gasteiger partial charge >= 0.3 is 0 Å². The molecule has 2 aliphatic rings. The van der Waals surface area contributed by atoms with E-state index in [1.807, 2.05) is 5.57 Å². The van der Waals surface area contributed by atoms with Gasteiger partial charge in [0.2, 0.25) is 0 Å². The number of hydrogen-bond acceptors (Lipinski definition) is 1. The van der Waals surface area contributed by atoms with Crippen LogP contribution < -0.4 is 0 Å². The lowest BCUT2D eigenvalue weighted by molar-refractivity contribution is 0.0459. The molecule has 0 saturated heterocycles. The molecule has 0 nitrogen and oxygen atoms in total. The first-order chi connectivity index (χ1) is 11.8. The van der Waals surface area contributed by atoms with E-state index in [-0.39, 0.29) is 4.75 Å². The summed E-state index contributed by atoms with van der Waals surface area (Å²) >= 11 is 4.90. The zero-order chi connectivity index (χ0) is 18.5. The maximum absolute atomic E-state index is 4.90. The van der Waals surface area contributed by atoms with Gasteiger partial charge in [0.25, 0.3) is 0 Å². The molecule has 2 fully saturated rings. The molecule has 2 saturated carbocycles. The van der Waals surface area contributed by atoms with Crippen LogP contribution in [0.15, 0.2) is 23.3 Å². The van der Waals surface area contributed by atoms with Gasteiger partial charge in [-0.2, -0.15) is 12.6 Å². The normalized spacial score (nSPS) is 32.0. The Morgan fingerprint density at radius 2 is 1.96 bits per heavy atom. The first-order valence-electron chi connectivity index (χ1n) is 10.9. The molecular weight excluding hydrogens is 320 g/mol. The second-order valence-electron chi connectivity index (χ2n) is 9.48. The van der Waals surface area contributed by atoms with Crippen LogP contribution in [-0.4, -0.2) is 4.75 Å². The van der Waals surface area contributed by atoms with Crippen molar-refractivity contribution in [1.29, 1.82) is 0 Å². The largest absolute Gasteiger partial charge is 0.173 e. The third-order valence-corrected chi connectivity index (χ3v) is 8.12. The Bertz CT molecular complexity index is 476. The molecule has 144 valence electrons. The van der Waals surface area contributed by atoms with Gasteiger partial charge in [-0.1, -0.05) is 57.4 Å². The molecule has 0 amide bonds. The highest BCUT2D eigenvalue weighted by Gasteiger charge is 2.48. The van der Waals surface area contributed by atoms with Crippen LogP contribution in [0, 0.1) is 17.3 Å². The summed E-state index contributed by atoms with van der Waals surface area (Å²) in [5, 5.41) is 0. The Balaban J connectivity index is 1.77. The standard InChI is InChI=1S/C24H42S/c1-6-8-9-10-11-12-19(3)22-13-14-24(18-22)16-21(17-24)15-20(4)23(5,25)7-2/h9-10,20-21,25H,6-8,11-18H2,1-5H3/b10-9-,22-19+/t20?,21-,23?,24-. The first-order valence-corrected chi connectivity index (χ1v) is 11.3. The summed E-state index contributed by atoms with van der Waals surface area (Å²) in [5.41, 5.74) is 4.20. The highest BCUT2D eigenvalue weighted by atomic mass is 32.1. The Hall–Kier alpha value is -0.170. The molecule has 2 rings (SSSR count). The molecule has 0 bridgehead atoms. The average Bonchev–Trinajstić information content (AvgIpc) is 2.99. The Morgan fingerprint density at radius 1 is 1.28 bits per heavy atom. The number of thiol groups is 1. The van der Waals surface area contributed by atoms with Gasteiger partial charge in [-0.15, -0.1) is 0 Å². The number of hydrogen-bond donors (Lipinski definition) is 1. The molecule has 1 spiro atoms. The maximum Gasteiger partial charge on any atom is 0.0124 e. The summed E-state index contributed by atoms with van der Waals surface area (Å²) in [6.45, 7) is 11.7. The van der Waals surface area contributed by atoms with Crippen LogP contribution in [0.4, 0.5) is 0 Å². The minimum atomic E-state index is 0.214. The predicted octanol–water partition coefficient (Wildman–Crippen LogP) is 8.14. The van der Waals surface area contributed by atoms with Crippen molar-refractivity contribution in [3.8, 4) is 0 Å². The van der Waals surface area contributed by atoms with E-state index in [9.17, 15) is 0 Å². The van der Waals surface area contributed by atoms with Crippen LogP contribution in [0.1, 0.15) is 105 Å². The quantitative estimate of drug-likeness (QED) is 0.310. The molecule has 0 N–H and O–H groups in total. The lowest BCUT2D eigenvalue weighted by atomic mass is 9.58. The molecule has 0 aromatic carbocycles. The van der Waals surface area contributed by atoms with Gasteiger partial charge in [-0.25, -0.2) is 0 Å². The average molecular weight is 363 g/mol. The molecule has 25 heavy (non-hydrogen) atoms. The van der Waals surface area contributed by atoms with Gasteiger partial charge in [0.15, 0.2) is 0 Å². The molecule has 2 atom stereocenters. The molecular formula is C24H42S. The predicted molar refractivity (Wildman–Crippen MR) is 116 cm³/mol. The van der Waals surface area contributed by atoms with Crippen molar-refractivity contribution in [2.24, 2.45) is 17.3 Å². The van der Waals surface area contributed by atoms with E-state index >= 15 is 0 Å². The van der Waals surface area contributed by atoms with E-state index < -0.39 is 0 Å². The van der Waals surface area contributed by atoms with Gasteiger partial charge in [0.1, 0.15) is 0 Å². The molecule has 0 aromatic rings. The third kappa shape index (κ3) is 5.65. The monoisotopic (exact) mass is 362 g/mol. The van der Waals surface area contributed by atoms with E-state index in [4.69, 9.17) is 12.6 Å². The van der Waals surface area contributed by atoms with Crippen molar-refractivity contribution in [2.75, 3.05) is 0 Å². The molecule has 2 aliphatic carbocycles. The maximum atomic E-state index is 4.90. The van der Waals surface area contributed by atoms with Crippen molar-refractivity contribution in [1.82, 2.24) is 0 Å². The number of allylic oxidation sites excluding steroid dienone is 4. The Kier molecular flexibility index (Phi) is 7.74. The first kappa shape index (κ1) is 21.1. The lowest BCUT2D eigenvalue weighted by Gasteiger charge is -2.48. The van der Waals surface area contributed by atoms with Gasteiger partial charge in [0.05, 0.1) is 0 Å². The summed E-state index contributed by atoms with van der Waals surface area (Å²) in [6.07, 6.45) is 19.5. The lowest BCUT2D eigenvalue weighted by Crippen LogP contribution is -2.38. The summed E-state index contributed by atoms with van der Waals surface area (Å²) in [7, 11) is 0. The fourth-order valence-corrected chi connectivity index (χ4v) is 5.18. The van der Waals surface area contributed by atoms with Crippen LogP contribution in [-0.2, 0) is 0 Å².